The number of halogens is 2. The number of ether oxygens (including phenoxy) is 1. The van der Waals surface area contributed by atoms with E-state index in [0.29, 0.717) is 13.0 Å². The fourth-order valence-corrected chi connectivity index (χ4v) is 3.20. The van der Waals surface area contributed by atoms with Crippen LogP contribution in [0.3, 0.4) is 0 Å². The van der Waals surface area contributed by atoms with Crippen molar-refractivity contribution in [2.45, 2.75) is 12.3 Å². The average Bonchev–Trinajstić information content (AvgIpc) is 2.76. The third kappa shape index (κ3) is 5.50. The van der Waals surface area contributed by atoms with E-state index >= 15 is 0 Å². The zero-order valence-electron chi connectivity index (χ0n) is 16.2. The summed E-state index contributed by atoms with van der Waals surface area (Å²) in [6.45, 7) is -0.271. The van der Waals surface area contributed by atoms with Gasteiger partial charge in [0.1, 0.15) is 17.2 Å². The third-order valence-corrected chi connectivity index (χ3v) is 4.66. The molecule has 3 aromatic carbocycles. The van der Waals surface area contributed by atoms with Crippen LogP contribution < -0.4 is 5.32 Å². The number of amides is 1. The molecule has 0 aliphatic rings. The SMILES string of the molecule is O=C(COC(=O)c1c(F)cccc1F)NCCC(c1ccccc1)c1ccccc1. The molecule has 4 nitrogen and oxygen atoms in total. The van der Waals surface area contributed by atoms with Gasteiger partial charge < -0.3 is 10.1 Å². The van der Waals surface area contributed by atoms with Crippen LogP contribution in [0.25, 0.3) is 0 Å². The molecule has 6 heteroatoms. The molecule has 0 unspecified atom stereocenters. The molecule has 154 valence electrons. The van der Waals surface area contributed by atoms with E-state index in [1.54, 1.807) is 0 Å². The average molecular weight is 409 g/mol. The minimum Gasteiger partial charge on any atom is -0.452 e. The zero-order valence-corrected chi connectivity index (χ0v) is 16.2. The van der Waals surface area contributed by atoms with E-state index in [4.69, 9.17) is 4.74 Å². The van der Waals surface area contributed by atoms with Crippen LogP contribution >= 0.6 is 0 Å². The van der Waals surface area contributed by atoms with Crippen molar-refractivity contribution in [2.75, 3.05) is 13.2 Å². The van der Waals surface area contributed by atoms with Gasteiger partial charge in [0.15, 0.2) is 6.61 Å². The first-order chi connectivity index (χ1) is 14.6. The number of hydrogen-bond donors (Lipinski definition) is 1. The first-order valence-corrected chi connectivity index (χ1v) is 9.54. The molecule has 1 N–H and O–H groups in total. The first kappa shape index (κ1) is 21.2. The van der Waals surface area contributed by atoms with Crippen molar-refractivity contribution in [3.8, 4) is 0 Å². The van der Waals surface area contributed by atoms with Gasteiger partial charge in [-0.1, -0.05) is 66.7 Å². The highest BCUT2D eigenvalue weighted by Crippen LogP contribution is 2.27. The molecule has 0 aromatic heterocycles. The van der Waals surface area contributed by atoms with Gasteiger partial charge >= 0.3 is 5.97 Å². The molecule has 0 aliphatic carbocycles. The van der Waals surface area contributed by atoms with Crippen molar-refractivity contribution >= 4 is 11.9 Å². The van der Waals surface area contributed by atoms with E-state index in [9.17, 15) is 18.4 Å². The summed E-state index contributed by atoms with van der Waals surface area (Å²) in [6.07, 6.45) is 0.635. The minimum absolute atomic E-state index is 0.0859. The Balaban J connectivity index is 1.54. The number of nitrogens with one attached hydrogen (secondary N) is 1. The smallest absolute Gasteiger partial charge is 0.344 e. The second-order valence-electron chi connectivity index (χ2n) is 6.69. The molecular formula is C24H21F2NO3. The molecule has 0 spiro atoms. The Morgan fingerprint density at radius 3 is 1.87 bits per heavy atom. The van der Waals surface area contributed by atoms with Gasteiger partial charge in [0, 0.05) is 12.5 Å². The van der Waals surface area contributed by atoms with Gasteiger partial charge in [-0.25, -0.2) is 13.6 Å². The van der Waals surface area contributed by atoms with Crippen LogP contribution in [-0.4, -0.2) is 25.0 Å². The highest BCUT2D eigenvalue weighted by atomic mass is 19.1. The molecule has 0 atom stereocenters. The summed E-state index contributed by atoms with van der Waals surface area (Å²) in [7, 11) is 0. The minimum atomic E-state index is -1.22. The second kappa shape index (κ2) is 10.3. The van der Waals surface area contributed by atoms with Gasteiger partial charge in [-0.05, 0) is 29.7 Å². The van der Waals surface area contributed by atoms with Crippen LogP contribution in [0.1, 0.15) is 33.8 Å². The largest absolute Gasteiger partial charge is 0.452 e. The monoisotopic (exact) mass is 409 g/mol. The Bertz CT molecular complexity index is 934. The Hall–Kier alpha value is -3.54. The van der Waals surface area contributed by atoms with Crippen molar-refractivity contribution in [2.24, 2.45) is 0 Å². The van der Waals surface area contributed by atoms with Gasteiger partial charge in [-0.2, -0.15) is 0 Å². The first-order valence-electron chi connectivity index (χ1n) is 9.54. The maximum Gasteiger partial charge on any atom is 0.344 e. The molecule has 0 fully saturated rings. The summed E-state index contributed by atoms with van der Waals surface area (Å²) in [4.78, 5) is 23.9. The van der Waals surface area contributed by atoms with Crippen LogP contribution in [0.15, 0.2) is 78.9 Å². The molecule has 1 amide bonds. The summed E-state index contributed by atoms with van der Waals surface area (Å²) in [5.41, 5.74) is 1.44. The van der Waals surface area contributed by atoms with E-state index in [-0.39, 0.29) is 5.92 Å². The van der Waals surface area contributed by atoms with Gasteiger partial charge in [0.2, 0.25) is 0 Å². The Kier molecular flexibility index (Phi) is 7.27. The number of benzene rings is 3. The molecule has 0 aliphatic heterocycles. The summed E-state index contributed by atoms with van der Waals surface area (Å²) >= 11 is 0. The number of carbonyl (C=O) groups excluding carboxylic acids is 2. The maximum absolute atomic E-state index is 13.6. The molecule has 3 rings (SSSR count). The summed E-state index contributed by atoms with van der Waals surface area (Å²) in [6, 6.07) is 22.9. The van der Waals surface area contributed by atoms with Crippen molar-refractivity contribution in [3.05, 3.63) is 107 Å². The second-order valence-corrected chi connectivity index (χ2v) is 6.69. The van der Waals surface area contributed by atoms with Gasteiger partial charge in [-0.15, -0.1) is 0 Å². The predicted molar refractivity (Wildman–Crippen MR) is 109 cm³/mol. The van der Waals surface area contributed by atoms with Gasteiger partial charge in [0.05, 0.1) is 0 Å². The molecule has 0 radical (unpaired) electrons. The van der Waals surface area contributed by atoms with Crippen LogP contribution in [0, 0.1) is 11.6 Å². The Labute approximate surface area is 173 Å². The molecule has 0 saturated carbocycles. The molecule has 0 bridgehead atoms. The van der Waals surface area contributed by atoms with Crippen LogP contribution in [0.4, 0.5) is 8.78 Å². The lowest BCUT2D eigenvalue weighted by Gasteiger charge is -2.18. The van der Waals surface area contributed by atoms with Crippen molar-refractivity contribution in [3.63, 3.8) is 0 Å². The van der Waals surface area contributed by atoms with Crippen molar-refractivity contribution in [1.29, 1.82) is 0 Å². The lowest BCUT2D eigenvalue weighted by atomic mass is 9.88. The number of rotatable bonds is 8. The lowest BCUT2D eigenvalue weighted by molar-refractivity contribution is -0.124. The highest BCUT2D eigenvalue weighted by Gasteiger charge is 2.20. The summed E-state index contributed by atoms with van der Waals surface area (Å²) in [5.74, 6) is -3.74. The topological polar surface area (TPSA) is 55.4 Å². The highest BCUT2D eigenvalue weighted by molar-refractivity contribution is 5.91. The fraction of sp³-hybridized carbons (Fsp3) is 0.167. The van der Waals surface area contributed by atoms with E-state index in [1.807, 2.05) is 60.7 Å². The quantitative estimate of drug-likeness (QED) is 0.559. The van der Waals surface area contributed by atoms with Crippen molar-refractivity contribution in [1.82, 2.24) is 5.32 Å². The zero-order chi connectivity index (χ0) is 21.3. The maximum atomic E-state index is 13.6. The Morgan fingerprint density at radius 2 is 1.33 bits per heavy atom. The van der Waals surface area contributed by atoms with E-state index < -0.39 is 35.7 Å². The third-order valence-electron chi connectivity index (χ3n) is 4.66. The van der Waals surface area contributed by atoms with Gasteiger partial charge in [0.25, 0.3) is 5.91 Å². The van der Waals surface area contributed by atoms with Gasteiger partial charge in [-0.3, -0.25) is 4.79 Å². The number of esters is 1. The van der Waals surface area contributed by atoms with Crippen LogP contribution in [0.2, 0.25) is 0 Å². The molecular weight excluding hydrogens is 388 g/mol. The predicted octanol–water partition coefficient (Wildman–Crippen LogP) is 4.46. The van der Waals surface area contributed by atoms with E-state index in [0.717, 1.165) is 29.3 Å². The molecule has 30 heavy (non-hydrogen) atoms. The van der Waals surface area contributed by atoms with Crippen molar-refractivity contribution < 1.29 is 23.1 Å². The molecule has 3 aromatic rings. The Morgan fingerprint density at radius 1 is 0.800 bits per heavy atom. The summed E-state index contributed by atoms with van der Waals surface area (Å²) < 4.78 is 31.9. The lowest BCUT2D eigenvalue weighted by Crippen LogP contribution is -2.30. The van der Waals surface area contributed by atoms with E-state index in [1.165, 1.54) is 0 Å². The molecule has 0 saturated heterocycles. The number of hydrogen-bond acceptors (Lipinski definition) is 3. The fourth-order valence-electron chi connectivity index (χ4n) is 3.20. The van der Waals surface area contributed by atoms with Crippen LogP contribution in [0.5, 0.6) is 0 Å². The summed E-state index contributed by atoms with van der Waals surface area (Å²) in [5, 5.41) is 2.69. The number of carbonyl (C=O) groups is 2. The normalized spacial score (nSPS) is 10.6. The molecule has 0 heterocycles. The van der Waals surface area contributed by atoms with Crippen LogP contribution in [-0.2, 0) is 9.53 Å². The van der Waals surface area contributed by atoms with E-state index in [2.05, 4.69) is 5.32 Å². The standard InChI is InChI=1S/C24H21F2NO3/c25-20-12-7-13-21(26)23(20)24(29)30-16-22(28)27-15-14-19(17-8-3-1-4-9-17)18-10-5-2-6-11-18/h1-13,19H,14-16H2,(H,27,28).